The van der Waals surface area contributed by atoms with Gasteiger partial charge in [-0.05, 0) is 43.4 Å². The van der Waals surface area contributed by atoms with Crippen molar-refractivity contribution in [1.82, 2.24) is 0 Å². The van der Waals surface area contributed by atoms with Crippen molar-refractivity contribution in [2.24, 2.45) is 4.99 Å². The van der Waals surface area contributed by atoms with Crippen LogP contribution in [0.4, 0.5) is 0 Å². The zero-order valence-electron chi connectivity index (χ0n) is 10.1. The first-order valence-electron chi connectivity index (χ1n) is 6.13. The third kappa shape index (κ3) is 2.12. The Morgan fingerprint density at radius 3 is 2.47 bits per heavy atom. The molecule has 0 amide bonds. The van der Waals surface area contributed by atoms with Crippen LogP contribution >= 0.6 is 11.6 Å². The summed E-state index contributed by atoms with van der Waals surface area (Å²) in [7, 11) is -3.29. The van der Waals surface area contributed by atoms with Gasteiger partial charge in [0.15, 0.2) is 9.84 Å². The SMILES string of the molecule is O=C=NC1(c2ccc(S(=O)(=O)C3CC3)c(Cl)c2)CC1. The number of aliphatic imine (C=N–C) groups is 1. The molecule has 6 heteroatoms. The van der Waals surface area contributed by atoms with E-state index in [9.17, 15) is 13.2 Å². The highest BCUT2D eigenvalue weighted by atomic mass is 35.5. The summed E-state index contributed by atoms with van der Waals surface area (Å²) in [6, 6.07) is 4.85. The van der Waals surface area contributed by atoms with Crippen LogP contribution in [0.15, 0.2) is 28.1 Å². The molecule has 0 bridgehead atoms. The molecule has 1 aromatic carbocycles. The molecule has 0 aromatic heterocycles. The molecule has 0 spiro atoms. The van der Waals surface area contributed by atoms with E-state index in [0.717, 1.165) is 18.4 Å². The second-order valence-corrected chi connectivity index (χ2v) is 7.73. The van der Waals surface area contributed by atoms with Gasteiger partial charge in [0.1, 0.15) is 0 Å². The lowest BCUT2D eigenvalue weighted by molar-refractivity contribution is 0.556. The van der Waals surface area contributed by atoms with Gasteiger partial charge in [0.2, 0.25) is 6.08 Å². The highest BCUT2D eigenvalue weighted by molar-refractivity contribution is 7.92. The molecular formula is C13H12ClNO3S. The van der Waals surface area contributed by atoms with Crippen molar-refractivity contribution in [1.29, 1.82) is 0 Å². The summed E-state index contributed by atoms with van der Waals surface area (Å²) in [6.45, 7) is 0. The van der Waals surface area contributed by atoms with Crippen molar-refractivity contribution in [3.05, 3.63) is 28.8 Å². The van der Waals surface area contributed by atoms with E-state index in [1.807, 2.05) is 0 Å². The summed E-state index contributed by atoms with van der Waals surface area (Å²) >= 11 is 6.10. The number of sulfone groups is 1. The first-order chi connectivity index (χ1) is 8.99. The summed E-state index contributed by atoms with van der Waals surface area (Å²) in [5.74, 6) is 0. The van der Waals surface area contributed by atoms with Crippen molar-refractivity contribution < 1.29 is 13.2 Å². The molecule has 2 fully saturated rings. The highest BCUT2D eigenvalue weighted by Gasteiger charge is 2.45. The van der Waals surface area contributed by atoms with Gasteiger partial charge in [-0.25, -0.2) is 13.2 Å². The average Bonchev–Trinajstić information content (AvgIpc) is 3.23. The zero-order chi connectivity index (χ0) is 13.7. The topological polar surface area (TPSA) is 63.6 Å². The number of hydrogen-bond acceptors (Lipinski definition) is 4. The van der Waals surface area contributed by atoms with E-state index in [-0.39, 0.29) is 15.2 Å². The number of isocyanates is 1. The summed E-state index contributed by atoms with van der Waals surface area (Å²) < 4.78 is 24.3. The summed E-state index contributed by atoms with van der Waals surface area (Å²) in [5, 5.41) is -0.0597. The van der Waals surface area contributed by atoms with Gasteiger partial charge in [-0.15, -0.1) is 0 Å². The van der Waals surface area contributed by atoms with E-state index in [1.165, 1.54) is 6.07 Å². The summed E-state index contributed by atoms with van der Waals surface area (Å²) in [4.78, 5) is 14.4. The van der Waals surface area contributed by atoms with Gasteiger partial charge in [-0.3, -0.25) is 0 Å². The zero-order valence-corrected chi connectivity index (χ0v) is 11.7. The summed E-state index contributed by atoms with van der Waals surface area (Å²) in [6.07, 6.45) is 4.53. The van der Waals surface area contributed by atoms with E-state index in [4.69, 9.17) is 11.6 Å². The molecule has 100 valence electrons. The van der Waals surface area contributed by atoms with Crippen molar-refractivity contribution in [3.8, 4) is 0 Å². The highest BCUT2D eigenvalue weighted by Crippen LogP contribution is 2.50. The van der Waals surface area contributed by atoms with Crippen LogP contribution in [0.2, 0.25) is 5.02 Å². The van der Waals surface area contributed by atoms with Crippen LogP contribution in [0.25, 0.3) is 0 Å². The van der Waals surface area contributed by atoms with Gasteiger partial charge in [-0.2, -0.15) is 4.99 Å². The fourth-order valence-electron chi connectivity index (χ4n) is 2.25. The van der Waals surface area contributed by atoms with E-state index in [1.54, 1.807) is 18.2 Å². The maximum Gasteiger partial charge on any atom is 0.235 e. The lowest BCUT2D eigenvalue weighted by Gasteiger charge is -2.11. The van der Waals surface area contributed by atoms with Crippen molar-refractivity contribution in [2.45, 2.75) is 41.4 Å². The van der Waals surface area contributed by atoms with Gasteiger partial charge in [-0.1, -0.05) is 17.7 Å². The van der Waals surface area contributed by atoms with Gasteiger partial charge >= 0.3 is 0 Å². The third-order valence-electron chi connectivity index (χ3n) is 3.72. The minimum Gasteiger partial charge on any atom is -0.223 e. The molecule has 0 aliphatic heterocycles. The maximum atomic E-state index is 12.1. The van der Waals surface area contributed by atoms with Crippen LogP contribution < -0.4 is 0 Å². The number of carbonyl (C=O) groups excluding carboxylic acids is 1. The lowest BCUT2D eigenvalue weighted by Crippen LogP contribution is -2.09. The van der Waals surface area contributed by atoms with Crippen LogP contribution in [0, 0.1) is 0 Å². The van der Waals surface area contributed by atoms with Crippen LogP contribution in [0.1, 0.15) is 31.2 Å². The first kappa shape index (κ1) is 12.9. The number of halogens is 1. The molecule has 3 rings (SSSR count). The van der Waals surface area contributed by atoms with Crippen LogP contribution in [0.3, 0.4) is 0 Å². The smallest absolute Gasteiger partial charge is 0.223 e. The normalized spacial score (nSPS) is 20.7. The van der Waals surface area contributed by atoms with Crippen LogP contribution in [-0.2, 0) is 20.2 Å². The Kier molecular flexibility index (Phi) is 2.82. The van der Waals surface area contributed by atoms with Gasteiger partial charge < -0.3 is 0 Å². The van der Waals surface area contributed by atoms with Crippen molar-refractivity contribution in [2.75, 3.05) is 0 Å². The standard InChI is InChI=1S/C13H12ClNO3S/c14-11-7-9(13(5-6-13)15-8-16)1-4-12(11)19(17,18)10-2-3-10/h1,4,7,10H,2-3,5-6H2. The minimum absolute atomic E-state index is 0.186. The van der Waals surface area contributed by atoms with Gasteiger partial charge in [0.05, 0.1) is 20.7 Å². The van der Waals surface area contributed by atoms with Crippen LogP contribution in [0.5, 0.6) is 0 Å². The Balaban J connectivity index is 2.01. The molecule has 2 saturated carbocycles. The molecule has 1 aromatic rings. The van der Waals surface area contributed by atoms with Gasteiger partial charge in [0.25, 0.3) is 0 Å². The number of hydrogen-bond donors (Lipinski definition) is 0. The Morgan fingerprint density at radius 2 is 2.00 bits per heavy atom. The number of benzene rings is 1. The minimum atomic E-state index is -3.29. The lowest BCUT2D eigenvalue weighted by atomic mass is 10.1. The fraction of sp³-hybridized carbons (Fsp3) is 0.462. The largest absolute Gasteiger partial charge is 0.235 e. The molecule has 19 heavy (non-hydrogen) atoms. The number of rotatable bonds is 4. The van der Waals surface area contributed by atoms with E-state index in [0.29, 0.717) is 12.8 Å². The molecule has 0 unspecified atom stereocenters. The molecule has 0 saturated heterocycles. The Bertz CT molecular complexity index is 684. The van der Waals surface area contributed by atoms with Crippen molar-refractivity contribution in [3.63, 3.8) is 0 Å². The third-order valence-corrected chi connectivity index (χ3v) is 6.47. The monoisotopic (exact) mass is 297 g/mol. The second kappa shape index (κ2) is 4.17. The predicted octanol–water partition coefficient (Wildman–Crippen LogP) is 2.60. The molecule has 0 heterocycles. The molecule has 0 atom stereocenters. The fourth-order valence-corrected chi connectivity index (χ4v) is 4.46. The second-order valence-electron chi connectivity index (χ2n) is 5.12. The predicted molar refractivity (Wildman–Crippen MR) is 70.7 cm³/mol. The average molecular weight is 298 g/mol. The molecule has 4 nitrogen and oxygen atoms in total. The summed E-state index contributed by atoms with van der Waals surface area (Å²) in [5.41, 5.74) is 0.267. The van der Waals surface area contributed by atoms with Crippen molar-refractivity contribution >= 4 is 27.5 Å². The van der Waals surface area contributed by atoms with E-state index in [2.05, 4.69) is 4.99 Å². The van der Waals surface area contributed by atoms with E-state index < -0.39 is 15.4 Å². The molecule has 0 radical (unpaired) electrons. The number of nitrogens with zero attached hydrogens (tertiary/aromatic N) is 1. The Labute approximate surface area is 116 Å². The Hall–Kier alpha value is -1.16. The quantitative estimate of drug-likeness (QED) is 0.634. The van der Waals surface area contributed by atoms with Gasteiger partial charge in [0, 0.05) is 0 Å². The molecule has 2 aliphatic carbocycles. The van der Waals surface area contributed by atoms with Crippen LogP contribution in [-0.4, -0.2) is 19.7 Å². The molecule has 0 N–H and O–H groups in total. The maximum absolute atomic E-state index is 12.1. The molecule has 2 aliphatic rings. The molecular weight excluding hydrogens is 286 g/mol. The first-order valence-corrected chi connectivity index (χ1v) is 8.05. The Morgan fingerprint density at radius 1 is 1.32 bits per heavy atom. The van der Waals surface area contributed by atoms with E-state index >= 15 is 0 Å².